The van der Waals surface area contributed by atoms with E-state index >= 15 is 0 Å². The number of carbonyl (C=O) groups is 1. The molecule has 62 valence electrons. The lowest BCUT2D eigenvalue weighted by atomic mass is 10.0. The minimum atomic E-state index is -0.215. The average molecular weight is 153 g/mol. The van der Waals surface area contributed by atoms with Crippen LogP contribution in [0.15, 0.2) is 25.3 Å². The summed E-state index contributed by atoms with van der Waals surface area (Å²) in [5.41, 5.74) is -0.215. The SMILES string of the molecule is C=CCC(C)(C)NC(=O)C=C. The van der Waals surface area contributed by atoms with Crippen molar-refractivity contribution in [2.45, 2.75) is 25.8 Å². The molecule has 0 aromatic heterocycles. The monoisotopic (exact) mass is 153 g/mol. The lowest BCUT2D eigenvalue weighted by Gasteiger charge is -2.23. The van der Waals surface area contributed by atoms with Gasteiger partial charge in [0.25, 0.3) is 0 Å². The van der Waals surface area contributed by atoms with Crippen LogP contribution in [0.1, 0.15) is 20.3 Å². The second-order valence-electron chi connectivity index (χ2n) is 3.07. The molecular weight excluding hydrogens is 138 g/mol. The van der Waals surface area contributed by atoms with Gasteiger partial charge in [-0.1, -0.05) is 12.7 Å². The number of nitrogens with one attached hydrogen (secondary N) is 1. The van der Waals surface area contributed by atoms with Gasteiger partial charge in [0, 0.05) is 5.54 Å². The van der Waals surface area contributed by atoms with Crippen molar-refractivity contribution in [1.29, 1.82) is 0 Å². The third-order valence-corrected chi connectivity index (χ3v) is 1.30. The Kier molecular flexibility index (Phi) is 3.58. The van der Waals surface area contributed by atoms with Gasteiger partial charge in [0.2, 0.25) is 5.91 Å². The highest BCUT2D eigenvalue weighted by Gasteiger charge is 2.16. The Hall–Kier alpha value is -1.05. The third-order valence-electron chi connectivity index (χ3n) is 1.30. The van der Waals surface area contributed by atoms with Gasteiger partial charge in [0.1, 0.15) is 0 Å². The fourth-order valence-electron chi connectivity index (χ4n) is 0.796. The van der Waals surface area contributed by atoms with Gasteiger partial charge in [0.05, 0.1) is 0 Å². The summed E-state index contributed by atoms with van der Waals surface area (Å²) < 4.78 is 0. The Morgan fingerprint density at radius 1 is 1.55 bits per heavy atom. The van der Waals surface area contributed by atoms with Crippen LogP contribution in [0.4, 0.5) is 0 Å². The Morgan fingerprint density at radius 3 is 2.45 bits per heavy atom. The van der Waals surface area contributed by atoms with Crippen molar-refractivity contribution < 1.29 is 4.79 Å². The van der Waals surface area contributed by atoms with Gasteiger partial charge < -0.3 is 5.32 Å². The summed E-state index contributed by atoms with van der Waals surface area (Å²) in [4.78, 5) is 10.8. The molecule has 0 aliphatic carbocycles. The number of hydrogen-bond acceptors (Lipinski definition) is 1. The summed E-state index contributed by atoms with van der Waals surface area (Å²) >= 11 is 0. The maximum absolute atomic E-state index is 10.8. The van der Waals surface area contributed by atoms with Crippen molar-refractivity contribution in [1.82, 2.24) is 5.32 Å². The molecule has 0 saturated heterocycles. The molecular formula is C9H15NO. The summed E-state index contributed by atoms with van der Waals surface area (Å²) in [6, 6.07) is 0. The second-order valence-corrected chi connectivity index (χ2v) is 3.07. The van der Waals surface area contributed by atoms with E-state index in [4.69, 9.17) is 0 Å². The Morgan fingerprint density at radius 2 is 2.09 bits per heavy atom. The Labute approximate surface area is 68.0 Å². The standard InChI is InChI=1S/C9H15NO/c1-5-7-9(3,4)10-8(11)6-2/h5-6H,1-2,7H2,3-4H3,(H,10,11). The average Bonchev–Trinajstić information content (AvgIpc) is 1.86. The van der Waals surface area contributed by atoms with Crippen LogP contribution in [0.3, 0.4) is 0 Å². The van der Waals surface area contributed by atoms with E-state index in [2.05, 4.69) is 18.5 Å². The van der Waals surface area contributed by atoms with E-state index in [0.717, 1.165) is 6.42 Å². The highest BCUT2D eigenvalue weighted by Crippen LogP contribution is 2.07. The van der Waals surface area contributed by atoms with Crippen LogP contribution in [0.2, 0.25) is 0 Å². The number of carbonyl (C=O) groups excluding carboxylic acids is 1. The molecule has 0 bridgehead atoms. The van der Waals surface area contributed by atoms with E-state index < -0.39 is 0 Å². The van der Waals surface area contributed by atoms with E-state index in [-0.39, 0.29) is 11.4 Å². The molecule has 0 aliphatic rings. The van der Waals surface area contributed by atoms with E-state index in [0.29, 0.717) is 0 Å². The van der Waals surface area contributed by atoms with Crippen molar-refractivity contribution in [2.75, 3.05) is 0 Å². The lowest BCUT2D eigenvalue weighted by molar-refractivity contribution is -0.117. The minimum absolute atomic E-state index is 0.142. The number of amides is 1. The Balaban J connectivity index is 3.99. The maximum atomic E-state index is 10.8. The molecule has 0 aromatic carbocycles. The Bertz CT molecular complexity index is 170. The minimum Gasteiger partial charge on any atom is -0.347 e. The summed E-state index contributed by atoms with van der Waals surface area (Å²) in [6.07, 6.45) is 3.81. The first-order chi connectivity index (χ1) is 5.02. The van der Waals surface area contributed by atoms with Crippen molar-refractivity contribution in [3.8, 4) is 0 Å². The van der Waals surface area contributed by atoms with E-state index in [1.165, 1.54) is 6.08 Å². The van der Waals surface area contributed by atoms with Crippen LogP contribution >= 0.6 is 0 Å². The van der Waals surface area contributed by atoms with Crippen LogP contribution in [0, 0.1) is 0 Å². The first kappa shape index (κ1) is 9.95. The second kappa shape index (κ2) is 3.96. The van der Waals surface area contributed by atoms with Crippen molar-refractivity contribution >= 4 is 5.91 Å². The highest BCUT2D eigenvalue weighted by atomic mass is 16.1. The van der Waals surface area contributed by atoms with Gasteiger partial charge in [-0.15, -0.1) is 6.58 Å². The third kappa shape index (κ3) is 4.37. The van der Waals surface area contributed by atoms with Crippen LogP contribution < -0.4 is 5.32 Å². The molecule has 1 amide bonds. The van der Waals surface area contributed by atoms with Crippen LogP contribution in [-0.2, 0) is 4.79 Å². The fraction of sp³-hybridized carbons (Fsp3) is 0.444. The van der Waals surface area contributed by atoms with E-state index in [9.17, 15) is 4.79 Å². The molecule has 0 rings (SSSR count). The van der Waals surface area contributed by atoms with Gasteiger partial charge in [-0.2, -0.15) is 0 Å². The highest BCUT2D eigenvalue weighted by molar-refractivity contribution is 5.87. The summed E-state index contributed by atoms with van der Waals surface area (Å²) in [6.45, 7) is 10.8. The topological polar surface area (TPSA) is 29.1 Å². The number of hydrogen-bond donors (Lipinski definition) is 1. The molecule has 11 heavy (non-hydrogen) atoms. The molecule has 1 N–H and O–H groups in total. The van der Waals surface area contributed by atoms with E-state index in [1.54, 1.807) is 6.08 Å². The molecule has 0 aliphatic heterocycles. The zero-order valence-electron chi connectivity index (χ0n) is 7.18. The first-order valence-electron chi connectivity index (χ1n) is 3.57. The van der Waals surface area contributed by atoms with Gasteiger partial charge in [-0.05, 0) is 26.3 Å². The van der Waals surface area contributed by atoms with Crippen LogP contribution in [-0.4, -0.2) is 11.4 Å². The van der Waals surface area contributed by atoms with Crippen molar-refractivity contribution in [3.63, 3.8) is 0 Å². The molecule has 0 unspecified atom stereocenters. The van der Waals surface area contributed by atoms with Crippen LogP contribution in [0.25, 0.3) is 0 Å². The predicted molar refractivity (Wildman–Crippen MR) is 47.2 cm³/mol. The summed E-state index contributed by atoms with van der Waals surface area (Å²) in [5.74, 6) is -0.142. The first-order valence-corrected chi connectivity index (χ1v) is 3.57. The van der Waals surface area contributed by atoms with Gasteiger partial charge in [0.15, 0.2) is 0 Å². The lowest BCUT2D eigenvalue weighted by Crippen LogP contribution is -2.42. The van der Waals surface area contributed by atoms with Gasteiger partial charge >= 0.3 is 0 Å². The summed E-state index contributed by atoms with van der Waals surface area (Å²) in [7, 11) is 0. The maximum Gasteiger partial charge on any atom is 0.243 e. The molecule has 0 heterocycles. The zero-order chi connectivity index (χ0) is 8.91. The zero-order valence-corrected chi connectivity index (χ0v) is 7.18. The molecule has 0 aromatic rings. The predicted octanol–water partition coefficient (Wildman–Crippen LogP) is 1.64. The molecule has 0 spiro atoms. The molecule has 2 nitrogen and oxygen atoms in total. The van der Waals surface area contributed by atoms with Crippen LogP contribution in [0.5, 0.6) is 0 Å². The van der Waals surface area contributed by atoms with E-state index in [1.807, 2.05) is 13.8 Å². The smallest absolute Gasteiger partial charge is 0.243 e. The molecule has 0 fully saturated rings. The summed E-state index contributed by atoms with van der Waals surface area (Å²) in [5, 5.41) is 2.78. The van der Waals surface area contributed by atoms with Crippen molar-refractivity contribution in [2.24, 2.45) is 0 Å². The van der Waals surface area contributed by atoms with Gasteiger partial charge in [-0.3, -0.25) is 4.79 Å². The van der Waals surface area contributed by atoms with Crippen molar-refractivity contribution in [3.05, 3.63) is 25.3 Å². The largest absolute Gasteiger partial charge is 0.347 e. The van der Waals surface area contributed by atoms with Gasteiger partial charge in [-0.25, -0.2) is 0 Å². The normalized spacial score (nSPS) is 10.4. The quantitative estimate of drug-likeness (QED) is 0.483. The fourth-order valence-corrected chi connectivity index (χ4v) is 0.796. The molecule has 0 atom stereocenters. The molecule has 0 saturated carbocycles. The molecule has 0 radical (unpaired) electrons. The number of rotatable bonds is 4. The molecule has 2 heteroatoms.